The van der Waals surface area contributed by atoms with Gasteiger partial charge in [0.1, 0.15) is 5.65 Å². The van der Waals surface area contributed by atoms with Crippen LogP contribution in [0.1, 0.15) is 17.8 Å². The molecule has 1 aliphatic heterocycles. The second-order valence-corrected chi connectivity index (χ2v) is 5.58. The van der Waals surface area contributed by atoms with Crippen molar-refractivity contribution in [1.29, 1.82) is 0 Å². The summed E-state index contributed by atoms with van der Waals surface area (Å²) >= 11 is 0. The van der Waals surface area contributed by atoms with Crippen LogP contribution in [0.4, 0.5) is 0 Å². The van der Waals surface area contributed by atoms with Gasteiger partial charge < -0.3 is 13.9 Å². The third kappa shape index (κ3) is 3.13. The smallest absolute Gasteiger partial charge is 0.308 e. The van der Waals surface area contributed by atoms with Gasteiger partial charge >= 0.3 is 5.97 Å². The predicted molar refractivity (Wildman–Crippen MR) is 81.6 cm³/mol. The number of methoxy groups -OCH3 is 1. The number of aryl methyl sites for hydroxylation is 1. The van der Waals surface area contributed by atoms with Crippen molar-refractivity contribution in [2.45, 2.75) is 26.0 Å². The lowest BCUT2D eigenvalue weighted by Gasteiger charge is -2.32. The molecular formula is C16H21N3O3. The van der Waals surface area contributed by atoms with Gasteiger partial charge in [-0.2, -0.15) is 0 Å². The summed E-state index contributed by atoms with van der Waals surface area (Å²) in [7, 11) is 1.41. The second kappa shape index (κ2) is 6.46. The number of hydrogen-bond donors (Lipinski definition) is 0. The Morgan fingerprint density at radius 3 is 3.18 bits per heavy atom. The van der Waals surface area contributed by atoms with Gasteiger partial charge in [-0.05, 0) is 19.1 Å². The van der Waals surface area contributed by atoms with E-state index in [1.807, 2.05) is 31.3 Å². The minimum atomic E-state index is -0.224. The Kier molecular flexibility index (Phi) is 4.40. The molecule has 0 unspecified atom stereocenters. The zero-order chi connectivity index (χ0) is 15.5. The highest BCUT2D eigenvalue weighted by Crippen LogP contribution is 2.17. The molecule has 1 aliphatic rings. The lowest BCUT2D eigenvalue weighted by Crippen LogP contribution is -2.43. The maximum absolute atomic E-state index is 11.4. The van der Waals surface area contributed by atoms with E-state index in [1.165, 1.54) is 12.8 Å². The summed E-state index contributed by atoms with van der Waals surface area (Å²) in [6.07, 6.45) is 2.25. The molecule has 3 rings (SSSR count). The summed E-state index contributed by atoms with van der Waals surface area (Å²) in [4.78, 5) is 18.3. The van der Waals surface area contributed by atoms with Gasteiger partial charge in [-0.15, -0.1) is 0 Å². The van der Waals surface area contributed by atoms with Gasteiger partial charge in [0, 0.05) is 25.8 Å². The zero-order valence-electron chi connectivity index (χ0n) is 13.0. The number of ether oxygens (including phenoxy) is 2. The molecule has 1 saturated heterocycles. The van der Waals surface area contributed by atoms with E-state index in [0.29, 0.717) is 13.0 Å². The van der Waals surface area contributed by atoms with Gasteiger partial charge in [-0.1, -0.05) is 6.07 Å². The predicted octanol–water partition coefficient (Wildman–Crippen LogP) is 1.41. The molecule has 0 bridgehead atoms. The van der Waals surface area contributed by atoms with Crippen LogP contribution < -0.4 is 0 Å². The number of nitrogens with zero attached hydrogens (tertiary/aromatic N) is 3. The Morgan fingerprint density at radius 1 is 1.50 bits per heavy atom. The largest absolute Gasteiger partial charge is 0.469 e. The monoisotopic (exact) mass is 303 g/mol. The van der Waals surface area contributed by atoms with E-state index in [0.717, 1.165) is 31.0 Å². The maximum atomic E-state index is 11.4. The van der Waals surface area contributed by atoms with Crippen molar-refractivity contribution in [3.63, 3.8) is 0 Å². The van der Waals surface area contributed by atoms with Crippen LogP contribution in [0.2, 0.25) is 0 Å². The summed E-state index contributed by atoms with van der Waals surface area (Å²) in [6.45, 7) is 5.07. The van der Waals surface area contributed by atoms with Crippen molar-refractivity contribution in [2.24, 2.45) is 0 Å². The van der Waals surface area contributed by atoms with Gasteiger partial charge in [0.15, 0.2) is 0 Å². The number of pyridine rings is 1. The van der Waals surface area contributed by atoms with Gasteiger partial charge in [0.05, 0.1) is 37.6 Å². The quantitative estimate of drug-likeness (QED) is 0.799. The van der Waals surface area contributed by atoms with Gasteiger partial charge in [0.25, 0.3) is 0 Å². The molecule has 1 atom stereocenters. The average Bonchev–Trinajstić information content (AvgIpc) is 2.84. The van der Waals surface area contributed by atoms with Crippen LogP contribution in [0.25, 0.3) is 5.65 Å². The third-order valence-electron chi connectivity index (χ3n) is 4.05. The Morgan fingerprint density at radius 2 is 2.36 bits per heavy atom. The standard InChI is InChI=1S/C16H21N3O3/c1-12-14(19-6-4-3-5-15(19)17-12)11-18-7-8-22-13(10-18)9-16(20)21-2/h3-6,13H,7-11H2,1-2H3/t13-/m0/s1. The van der Waals surface area contributed by atoms with E-state index >= 15 is 0 Å². The summed E-state index contributed by atoms with van der Waals surface area (Å²) in [5.41, 5.74) is 3.20. The molecule has 22 heavy (non-hydrogen) atoms. The summed E-state index contributed by atoms with van der Waals surface area (Å²) in [6, 6.07) is 6.01. The van der Waals surface area contributed by atoms with Crippen molar-refractivity contribution >= 4 is 11.6 Å². The average molecular weight is 303 g/mol. The highest BCUT2D eigenvalue weighted by atomic mass is 16.5. The van der Waals surface area contributed by atoms with Gasteiger partial charge in [-0.3, -0.25) is 9.69 Å². The first-order chi connectivity index (χ1) is 10.7. The third-order valence-corrected chi connectivity index (χ3v) is 4.05. The maximum Gasteiger partial charge on any atom is 0.308 e. The zero-order valence-corrected chi connectivity index (χ0v) is 13.0. The van der Waals surface area contributed by atoms with Crippen molar-refractivity contribution in [3.8, 4) is 0 Å². The van der Waals surface area contributed by atoms with E-state index in [-0.39, 0.29) is 12.1 Å². The lowest BCUT2D eigenvalue weighted by atomic mass is 10.2. The van der Waals surface area contributed by atoms with Crippen LogP contribution in [0.15, 0.2) is 24.4 Å². The molecule has 0 spiro atoms. The molecule has 0 saturated carbocycles. The minimum Gasteiger partial charge on any atom is -0.469 e. The number of aromatic nitrogens is 2. The molecule has 0 radical (unpaired) electrons. The molecule has 6 heteroatoms. The number of imidazole rings is 1. The first-order valence-corrected chi connectivity index (χ1v) is 7.50. The molecule has 3 heterocycles. The number of hydrogen-bond acceptors (Lipinski definition) is 5. The number of esters is 1. The molecule has 118 valence electrons. The molecule has 1 fully saturated rings. The first-order valence-electron chi connectivity index (χ1n) is 7.50. The van der Waals surface area contributed by atoms with Crippen LogP contribution in [0.3, 0.4) is 0 Å². The molecular weight excluding hydrogens is 282 g/mol. The fraction of sp³-hybridized carbons (Fsp3) is 0.500. The lowest BCUT2D eigenvalue weighted by molar-refractivity contribution is -0.145. The van der Waals surface area contributed by atoms with Crippen LogP contribution in [-0.4, -0.2) is 53.2 Å². The van der Waals surface area contributed by atoms with Crippen molar-refractivity contribution in [3.05, 3.63) is 35.8 Å². The number of carbonyl (C=O) groups is 1. The first kappa shape index (κ1) is 15.0. The summed E-state index contributed by atoms with van der Waals surface area (Å²) in [5.74, 6) is -0.224. The molecule has 0 aliphatic carbocycles. The molecule has 0 aromatic carbocycles. The van der Waals surface area contributed by atoms with Crippen LogP contribution >= 0.6 is 0 Å². The van der Waals surface area contributed by atoms with E-state index < -0.39 is 0 Å². The highest BCUT2D eigenvalue weighted by molar-refractivity contribution is 5.69. The van der Waals surface area contributed by atoms with E-state index in [9.17, 15) is 4.79 Å². The summed E-state index contributed by atoms with van der Waals surface area (Å²) < 4.78 is 12.5. The summed E-state index contributed by atoms with van der Waals surface area (Å²) in [5, 5.41) is 0. The number of morpholine rings is 1. The molecule has 0 N–H and O–H groups in total. The minimum absolute atomic E-state index is 0.0966. The van der Waals surface area contributed by atoms with E-state index in [2.05, 4.69) is 14.3 Å². The van der Waals surface area contributed by atoms with Crippen LogP contribution in [0, 0.1) is 6.92 Å². The van der Waals surface area contributed by atoms with Crippen molar-refractivity contribution in [2.75, 3.05) is 26.8 Å². The Bertz CT molecular complexity index is 668. The highest BCUT2D eigenvalue weighted by Gasteiger charge is 2.24. The molecule has 2 aromatic rings. The normalized spacial score (nSPS) is 19.5. The Hall–Kier alpha value is -1.92. The Labute approximate surface area is 129 Å². The fourth-order valence-corrected chi connectivity index (χ4v) is 2.88. The number of rotatable bonds is 4. The SMILES string of the molecule is COC(=O)C[C@H]1CN(Cc2c(C)nc3ccccn23)CCO1. The van der Waals surface area contributed by atoms with E-state index in [1.54, 1.807) is 0 Å². The van der Waals surface area contributed by atoms with Gasteiger partial charge in [0.2, 0.25) is 0 Å². The van der Waals surface area contributed by atoms with Gasteiger partial charge in [-0.25, -0.2) is 4.98 Å². The number of fused-ring (bicyclic) bond motifs is 1. The molecule has 6 nitrogen and oxygen atoms in total. The van der Waals surface area contributed by atoms with Crippen LogP contribution in [-0.2, 0) is 20.8 Å². The fourth-order valence-electron chi connectivity index (χ4n) is 2.88. The molecule has 0 amide bonds. The topological polar surface area (TPSA) is 56.1 Å². The van der Waals surface area contributed by atoms with Crippen molar-refractivity contribution in [1.82, 2.24) is 14.3 Å². The van der Waals surface area contributed by atoms with Crippen molar-refractivity contribution < 1.29 is 14.3 Å². The van der Waals surface area contributed by atoms with E-state index in [4.69, 9.17) is 9.47 Å². The van der Waals surface area contributed by atoms with Crippen LogP contribution in [0.5, 0.6) is 0 Å². The second-order valence-electron chi connectivity index (χ2n) is 5.58. The Balaban J connectivity index is 1.71. The number of carbonyl (C=O) groups excluding carboxylic acids is 1. The molecule has 2 aromatic heterocycles.